The van der Waals surface area contributed by atoms with Crippen molar-refractivity contribution < 1.29 is 9.90 Å². The first-order valence-corrected chi connectivity index (χ1v) is 12.8. The van der Waals surface area contributed by atoms with Crippen LogP contribution >= 0.6 is 0 Å². The lowest BCUT2D eigenvalue weighted by Gasteiger charge is -2.25. The van der Waals surface area contributed by atoms with E-state index in [-0.39, 0.29) is 30.2 Å². The molecule has 0 amide bonds. The standard InChI is InChI=1S/C31H37N3O2/c1-21(2)30(25-15-11-23(4)12-16-25)34-29-8-6-5-7-28(29)33(31(34)32)26(17-18-27(36)20-35)19-24-13-9-22(3)10-14-24/h5-16,21,26,30,32,35H,17-20H2,1-4H3/t26-,30?/m1/s1. The lowest BCUT2D eigenvalue weighted by atomic mass is 9.95. The van der Waals surface area contributed by atoms with Crippen molar-refractivity contribution in [3.05, 3.63) is 101 Å². The summed E-state index contributed by atoms with van der Waals surface area (Å²) < 4.78 is 4.25. The maximum absolute atomic E-state index is 12.1. The summed E-state index contributed by atoms with van der Waals surface area (Å²) in [5, 5.41) is 18.8. The Morgan fingerprint density at radius 3 is 1.97 bits per heavy atom. The van der Waals surface area contributed by atoms with Gasteiger partial charge in [0, 0.05) is 12.5 Å². The Balaban J connectivity index is 1.88. The fraction of sp³-hybridized carbons (Fsp3) is 0.355. The quantitative estimate of drug-likeness (QED) is 0.294. The molecule has 0 bridgehead atoms. The van der Waals surface area contributed by atoms with Gasteiger partial charge in [-0.1, -0.05) is 85.6 Å². The summed E-state index contributed by atoms with van der Waals surface area (Å²) >= 11 is 0. The molecule has 0 fully saturated rings. The van der Waals surface area contributed by atoms with E-state index in [1.807, 2.05) is 12.1 Å². The minimum Gasteiger partial charge on any atom is -0.389 e. The normalized spacial score (nSPS) is 13.3. The topological polar surface area (TPSA) is 71.0 Å². The van der Waals surface area contributed by atoms with Crippen LogP contribution in [0.5, 0.6) is 0 Å². The molecule has 0 aliphatic rings. The first-order chi connectivity index (χ1) is 17.3. The van der Waals surface area contributed by atoms with Crippen molar-refractivity contribution in [2.75, 3.05) is 6.61 Å². The molecule has 1 unspecified atom stereocenters. The highest BCUT2D eigenvalue weighted by Gasteiger charge is 2.26. The molecule has 0 saturated carbocycles. The molecule has 0 aliphatic heterocycles. The second-order valence-corrected chi connectivity index (χ2v) is 10.2. The van der Waals surface area contributed by atoms with Gasteiger partial charge in [0.2, 0.25) is 5.62 Å². The Bertz CT molecular complexity index is 1380. The molecule has 5 nitrogen and oxygen atoms in total. The Hall–Kier alpha value is -3.44. The number of ketones is 1. The van der Waals surface area contributed by atoms with E-state index in [4.69, 9.17) is 0 Å². The molecule has 1 heterocycles. The van der Waals surface area contributed by atoms with Gasteiger partial charge in [0.05, 0.1) is 17.1 Å². The van der Waals surface area contributed by atoms with Crippen molar-refractivity contribution in [2.45, 2.75) is 59.0 Å². The molecule has 0 radical (unpaired) electrons. The fourth-order valence-electron chi connectivity index (χ4n) is 5.19. The number of aliphatic hydroxyl groups is 1. The fourth-order valence-corrected chi connectivity index (χ4v) is 5.19. The second-order valence-electron chi connectivity index (χ2n) is 10.2. The van der Waals surface area contributed by atoms with Crippen molar-refractivity contribution in [1.29, 1.82) is 5.41 Å². The van der Waals surface area contributed by atoms with Crippen LogP contribution in [0, 0.1) is 25.2 Å². The van der Waals surface area contributed by atoms with Gasteiger partial charge in [0.25, 0.3) is 0 Å². The van der Waals surface area contributed by atoms with Gasteiger partial charge in [-0.05, 0) is 55.9 Å². The van der Waals surface area contributed by atoms with Crippen LogP contribution in [0.1, 0.15) is 61.0 Å². The number of hydrogen-bond acceptors (Lipinski definition) is 3. The number of para-hydroxylation sites is 2. The van der Waals surface area contributed by atoms with Crippen LogP contribution in [-0.2, 0) is 11.2 Å². The average Bonchev–Trinajstić information content (AvgIpc) is 3.15. The lowest BCUT2D eigenvalue weighted by molar-refractivity contribution is -0.122. The summed E-state index contributed by atoms with van der Waals surface area (Å²) in [6, 6.07) is 25.2. The maximum atomic E-state index is 12.1. The van der Waals surface area contributed by atoms with E-state index in [1.165, 1.54) is 22.3 Å². The third-order valence-corrected chi connectivity index (χ3v) is 7.08. The van der Waals surface area contributed by atoms with E-state index in [2.05, 4.69) is 97.5 Å². The summed E-state index contributed by atoms with van der Waals surface area (Å²) in [5.74, 6) is 0.104. The van der Waals surface area contributed by atoms with Gasteiger partial charge < -0.3 is 14.2 Å². The van der Waals surface area contributed by atoms with Crippen molar-refractivity contribution in [2.24, 2.45) is 5.92 Å². The smallest absolute Gasteiger partial charge is 0.203 e. The minimum atomic E-state index is -0.444. The second kappa shape index (κ2) is 11.1. The summed E-state index contributed by atoms with van der Waals surface area (Å²) in [4.78, 5) is 12.1. The van der Waals surface area contributed by atoms with Gasteiger partial charge in [-0.15, -0.1) is 0 Å². The first-order valence-electron chi connectivity index (χ1n) is 12.8. The Morgan fingerprint density at radius 2 is 1.42 bits per heavy atom. The van der Waals surface area contributed by atoms with Crippen LogP contribution in [0.3, 0.4) is 0 Å². The van der Waals surface area contributed by atoms with E-state index in [1.54, 1.807) is 0 Å². The van der Waals surface area contributed by atoms with Crippen LogP contribution < -0.4 is 5.62 Å². The largest absolute Gasteiger partial charge is 0.389 e. The zero-order valence-corrected chi connectivity index (χ0v) is 21.7. The van der Waals surface area contributed by atoms with Crippen LogP contribution in [-0.4, -0.2) is 26.6 Å². The van der Waals surface area contributed by atoms with E-state index in [0.717, 1.165) is 11.0 Å². The van der Waals surface area contributed by atoms with Crippen LogP contribution in [0.4, 0.5) is 0 Å². The molecule has 0 spiro atoms. The average molecular weight is 484 g/mol. The summed E-state index contributed by atoms with van der Waals surface area (Å²) in [5.41, 5.74) is 7.22. The number of Topliss-reactive ketones (excluding diaryl/α,β-unsaturated/α-hetero) is 1. The number of nitrogens with zero attached hydrogens (tertiary/aromatic N) is 2. The van der Waals surface area contributed by atoms with E-state index >= 15 is 0 Å². The monoisotopic (exact) mass is 483 g/mol. The number of fused-ring (bicyclic) bond motifs is 1. The molecular weight excluding hydrogens is 446 g/mol. The highest BCUT2D eigenvalue weighted by Crippen LogP contribution is 2.31. The highest BCUT2D eigenvalue weighted by atomic mass is 16.3. The third-order valence-electron chi connectivity index (χ3n) is 7.08. The molecule has 188 valence electrons. The molecule has 2 atom stereocenters. The number of hydrogen-bond donors (Lipinski definition) is 2. The van der Waals surface area contributed by atoms with Gasteiger partial charge in [-0.25, -0.2) is 0 Å². The molecule has 5 heteroatoms. The zero-order chi connectivity index (χ0) is 25.8. The molecule has 2 N–H and O–H groups in total. The molecule has 36 heavy (non-hydrogen) atoms. The molecule has 1 aromatic heterocycles. The first kappa shape index (κ1) is 25.6. The number of benzene rings is 3. The highest BCUT2D eigenvalue weighted by molar-refractivity contribution is 5.79. The molecule has 3 aromatic carbocycles. The molecule has 4 aromatic rings. The lowest BCUT2D eigenvalue weighted by Crippen LogP contribution is -2.33. The van der Waals surface area contributed by atoms with Gasteiger partial charge in [0.15, 0.2) is 5.78 Å². The van der Waals surface area contributed by atoms with Crippen molar-refractivity contribution >= 4 is 16.8 Å². The van der Waals surface area contributed by atoms with E-state index in [9.17, 15) is 15.3 Å². The molecule has 4 rings (SSSR count). The van der Waals surface area contributed by atoms with Gasteiger partial charge >= 0.3 is 0 Å². The van der Waals surface area contributed by atoms with Crippen LogP contribution in [0.2, 0.25) is 0 Å². The number of rotatable bonds is 10. The van der Waals surface area contributed by atoms with Crippen LogP contribution in [0.15, 0.2) is 72.8 Å². The number of aliphatic hydroxyl groups excluding tert-OH is 1. The molecule has 0 aliphatic carbocycles. The Morgan fingerprint density at radius 1 is 0.861 bits per heavy atom. The Labute approximate surface area is 213 Å². The van der Waals surface area contributed by atoms with E-state index in [0.29, 0.717) is 18.5 Å². The van der Waals surface area contributed by atoms with Crippen molar-refractivity contribution in [3.63, 3.8) is 0 Å². The van der Waals surface area contributed by atoms with Gasteiger partial charge in [-0.3, -0.25) is 10.2 Å². The van der Waals surface area contributed by atoms with E-state index < -0.39 is 6.61 Å². The van der Waals surface area contributed by atoms with Crippen molar-refractivity contribution in [3.8, 4) is 0 Å². The van der Waals surface area contributed by atoms with Crippen LogP contribution in [0.25, 0.3) is 11.0 Å². The number of nitrogens with one attached hydrogen (secondary N) is 1. The molecule has 0 saturated heterocycles. The minimum absolute atomic E-state index is 0.00310. The summed E-state index contributed by atoms with van der Waals surface area (Å²) in [6.07, 6.45) is 1.56. The summed E-state index contributed by atoms with van der Waals surface area (Å²) in [6.45, 7) is 8.12. The summed E-state index contributed by atoms with van der Waals surface area (Å²) in [7, 11) is 0. The number of carbonyl (C=O) groups is 1. The van der Waals surface area contributed by atoms with Crippen molar-refractivity contribution in [1.82, 2.24) is 9.13 Å². The Kier molecular flexibility index (Phi) is 7.90. The number of aryl methyl sites for hydroxylation is 2. The number of imidazole rings is 1. The predicted octanol–water partition coefficient (Wildman–Crippen LogP) is 5.91. The maximum Gasteiger partial charge on any atom is 0.203 e. The molecular formula is C31H37N3O2. The van der Waals surface area contributed by atoms with Gasteiger partial charge in [-0.2, -0.15) is 0 Å². The number of carbonyl (C=O) groups excluding carboxylic acids is 1. The number of aromatic nitrogens is 2. The third kappa shape index (κ3) is 5.36. The zero-order valence-electron chi connectivity index (χ0n) is 21.7. The van der Waals surface area contributed by atoms with Gasteiger partial charge in [0.1, 0.15) is 6.61 Å². The predicted molar refractivity (Wildman–Crippen MR) is 145 cm³/mol. The SMILES string of the molecule is Cc1ccc(C[C@@H](CCC(=O)CO)n2c(=N)n(C(c3ccc(C)cc3)C(C)C)c3ccccc32)cc1.